The first kappa shape index (κ1) is 14.5. The lowest BCUT2D eigenvalue weighted by molar-refractivity contribution is -0.130. The average molecular weight is 325 g/mol. The van der Waals surface area contributed by atoms with Gasteiger partial charge in [-0.3, -0.25) is 4.79 Å². The van der Waals surface area contributed by atoms with Gasteiger partial charge in [-0.2, -0.15) is 0 Å². The maximum atomic E-state index is 11.8. The summed E-state index contributed by atoms with van der Waals surface area (Å²) in [6.07, 6.45) is 4.13. The highest BCUT2D eigenvalue weighted by molar-refractivity contribution is 9.10. The average Bonchev–Trinajstić information content (AvgIpc) is 2.62. The number of benzene rings is 1. The van der Waals surface area contributed by atoms with E-state index in [1.165, 1.54) is 12.0 Å². The molecule has 1 aliphatic heterocycles. The fourth-order valence-electron chi connectivity index (χ4n) is 2.32. The summed E-state index contributed by atoms with van der Waals surface area (Å²) < 4.78 is 1.10. The Labute approximate surface area is 123 Å². The molecule has 2 rings (SSSR count). The Balaban J connectivity index is 1.68. The van der Waals surface area contributed by atoms with Crippen molar-refractivity contribution in [3.05, 3.63) is 34.3 Å². The smallest absolute Gasteiger partial charge is 0.222 e. The van der Waals surface area contributed by atoms with Gasteiger partial charge in [0.05, 0.1) is 0 Å². The maximum Gasteiger partial charge on any atom is 0.222 e. The molecule has 19 heavy (non-hydrogen) atoms. The number of hydrogen-bond donors (Lipinski definition) is 1. The second-order valence-corrected chi connectivity index (χ2v) is 5.91. The molecule has 1 amide bonds. The number of amides is 1. The molecule has 1 N–H and O–H groups in total. The van der Waals surface area contributed by atoms with Crippen LogP contribution >= 0.6 is 15.9 Å². The highest BCUT2D eigenvalue weighted by Gasteiger charge is 2.15. The van der Waals surface area contributed by atoms with Crippen molar-refractivity contribution < 1.29 is 4.79 Å². The minimum atomic E-state index is 0.322. The molecule has 1 fully saturated rings. The number of nitrogens with zero attached hydrogens (tertiary/aromatic N) is 1. The van der Waals surface area contributed by atoms with Crippen LogP contribution in [-0.2, 0) is 11.3 Å². The van der Waals surface area contributed by atoms with Crippen LogP contribution in [-0.4, -0.2) is 30.4 Å². The van der Waals surface area contributed by atoms with Crippen LogP contribution in [0.1, 0.15) is 31.2 Å². The monoisotopic (exact) mass is 324 g/mol. The van der Waals surface area contributed by atoms with Crippen LogP contribution < -0.4 is 5.32 Å². The molecule has 0 spiro atoms. The lowest BCUT2D eigenvalue weighted by Gasteiger charge is -2.20. The van der Waals surface area contributed by atoms with Gasteiger partial charge in [-0.15, -0.1) is 0 Å². The summed E-state index contributed by atoms with van der Waals surface area (Å²) in [5.74, 6) is 0.322. The van der Waals surface area contributed by atoms with Crippen LogP contribution in [0.25, 0.3) is 0 Å². The molecule has 0 aromatic heterocycles. The summed E-state index contributed by atoms with van der Waals surface area (Å²) in [5, 5.41) is 3.40. The van der Waals surface area contributed by atoms with Gasteiger partial charge >= 0.3 is 0 Å². The molecule has 0 radical (unpaired) electrons. The molecule has 0 unspecified atom stereocenters. The summed E-state index contributed by atoms with van der Waals surface area (Å²) >= 11 is 3.43. The summed E-state index contributed by atoms with van der Waals surface area (Å²) in [7, 11) is 0. The zero-order chi connectivity index (χ0) is 13.5. The van der Waals surface area contributed by atoms with Crippen molar-refractivity contribution in [3.8, 4) is 0 Å². The molecular formula is C15H21BrN2O. The lowest BCUT2D eigenvalue weighted by Crippen LogP contribution is -2.36. The molecule has 1 aromatic carbocycles. The Morgan fingerprint density at radius 1 is 1.16 bits per heavy atom. The van der Waals surface area contributed by atoms with Crippen molar-refractivity contribution in [2.45, 2.75) is 32.2 Å². The number of rotatable bonds is 5. The third-order valence-electron chi connectivity index (χ3n) is 3.47. The summed E-state index contributed by atoms with van der Waals surface area (Å²) in [4.78, 5) is 13.8. The summed E-state index contributed by atoms with van der Waals surface area (Å²) in [6.45, 7) is 3.48. The van der Waals surface area contributed by atoms with Gasteiger partial charge in [-0.25, -0.2) is 0 Å². The number of nitrogens with one attached hydrogen (secondary N) is 1. The Morgan fingerprint density at radius 2 is 1.95 bits per heavy atom. The fourth-order valence-corrected chi connectivity index (χ4v) is 2.59. The summed E-state index contributed by atoms with van der Waals surface area (Å²) in [5.41, 5.74) is 1.27. The highest BCUT2D eigenvalue weighted by Crippen LogP contribution is 2.11. The summed E-state index contributed by atoms with van der Waals surface area (Å²) in [6, 6.07) is 8.31. The lowest BCUT2D eigenvalue weighted by atomic mass is 10.2. The number of likely N-dealkylation sites (tertiary alicyclic amines) is 1. The van der Waals surface area contributed by atoms with Crippen LogP contribution in [0.15, 0.2) is 28.7 Å². The van der Waals surface area contributed by atoms with Crippen LogP contribution in [0.5, 0.6) is 0 Å². The van der Waals surface area contributed by atoms with Gasteiger partial charge in [0.25, 0.3) is 0 Å². The second-order valence-electron chi connectivity index (χ2n) is 4.99. The third-order valence-corrected chi connectivity index (χ3v) is 4.00. The maximum absolute atomic E-state index is 11.8. The molecule has 1 heterocycles. The van der Waals surface area contributed by atoms with Crippen molar-refractivity contribution in [1.82, 2.24) is 10.2 Å². The molecule has 104 valence electrons. The van der Waals surface area contributed by atoms with E-state index in [2.05, 4.69) is 45.5 Å². The van der Waals surface area contributed by atoms with E-state index in [0.717, 1.165) is 49.9 Å². The van der Waals surface area contributed by atoms with Gasteiger partial charge < -0.3 is 10.2 Å². The van der Waals surface area contributed by atoms with E-state index in [-0.39, 0.29) is 0 Å². The molecular weight excluding hydrogens is 304 g/mol. The van der Waals surface area contributed by atoms with E-state index in [1.807, 2.05) is 4.90 Å². The molecule has 1 aliphatic rings. The Kier molecular flexibility index (Phi) is 5.86. The van der Waals surface area contributed by atoms with Crippen LogP contribution in [0, 0.1) is 0 Å². The molecule has 0 bridgehead atoms. The Hall–Kier alpha value is -0.870. The van der Waals surface area contributed by atoms with Gasteiger partial charge in [0, 0.05) is 37.1 Å². The van der Waals surface area contributed by atoms with Gasteiger partial charge in [0.2, 0.25) is 5.91 Å². The van der Waals surface area contributed by atoms with Crippen molar-refractivity contribution >= 4 is 21.8 Å². The molecule has 0 atom stereocenters. The fraction of sp³-hybridized carbons (Fsp3) is 0.533. The second kappa shape index (κ2) is 7.65. The minimum Gasteiger partial charge on any atom is -0.341 e. The molecule has 0 aliphatic carbocycles. The van der Waals surface area contributed by atoms with Crippen molar-refractivity contribution in [3.63, 3.8) is 0 Å². The minimum absolute atomic E-state index is 0.322. The predicted molar refractivity (Wildman–Crippen MR) is 80.9 cm³/mol. The number of halogens is 1. The first-order valence-electron chi connectivity index (χ1n) is 6.98. The first-order valence-corrected chi connectivity index (χ1v) is 7.78. The van der Waals surface area contributed by atoms with E-state index < -0.39 is 0 Å². The number of carbonyl (C=O) groups excluding carboxylic acids is 1. The normalized spacial score (nSPS) is 16.5. The Bertz CT molecular complexity index is 405. The van der Waals surface area contributed by atoms with Gasteiger partial charge in [0.1, 0.15) is 0 Å². The number of hydrogen-bond acceptors (Lipinski definition) is 2. The third kappa shape index (κ3) is 4.96. The van der Waals surface area contributed by atoms with Crippen molar-refractivity contribution in [2.75, 3.05) is 19.6 Å². The van der Waals surface area contributed by atoms with E-state index in [4.69, 9.17) is 0 Å². The van der Waals surface area contributed by atoms with E-state index in [9.17, 15) is 4.79 Å². The van der Waals surface area contributed by atoms with Crippen molar-refractivity contribution in [1.29, 1.82) is 0 Å². The van der Waals surface area contributed by atoms with Crippen LogP contribution in [0.4, 0.5) is 0 Å². The van der Waals surface area contributed by atoms with Crippen LogP contribution in [0.3, 0.4) is 0 Å². The zero-order valence-corrected chi connectivity index (χ0v) is 12.8. The van der Waals surface area contributed by atoms with E-state index >= 15 is 0 Å². The van der Waals surface area contributed by atoms with E-state index in [0.29, 0.717) is 5.91 Å². The molecule has 4 heteroatoms. The van der Waals surface area contributed by atoms with Crippen molar-refractivity contribution in [2.24, 2.45) is 0 Å². The van der Waals surface area contributed by atoms with Gasteiger partial charge in [-0.1, -0.05) is 34.5 Å². The molecule has 1 saturated heterocycles. The SMILES string of the molecule is O=C1CCCCCN1CCNCc1ccc(Br)cc1. The zero-order valence-electron chi connectivity index (χ0n) is 11.2. The number of carbonyl (C=O) groups is 1. The van der Waals surface area contributed by atoms with Gasteiger partial charge in [0.15, 0.2) is 0 Å². The standard InChI is InChI=1S/C15H21BrN2O/c16-14-7-5-13(6-8-14)12-17-9-11-18-10-3-1-2-4-15(18)19/h5-8,17H,1-4,9-12H2. The largest absolute Gasteiger partial charge is 0.341 e. The molecule has 0 saturated carbocycles. The Morgan fingerprint density at radius 3 is 2.74 bits per heavy atom. The molecule has 1 aromatic rings. The van der Waals surface area contributed by atoms with Gasteiger partial charge in [-0.05, 0) is 30.5 Å². The highest BCUT2D eigenvalue weighted by atomic mass is 79.9. The first-order chi connectivity index (χ1) is 9.25. The predicted octanol–water partition coefficient (Wildman–Crippen LogP) is 2.94. The van der Waals surface area contributed by atoms with Crippen LogP contribution in [0.2, 0.25) is 0 Å². The quantitative estimate of drug-likeness (QED) is 0.844. The molecule has 3 nitrogen and oxygen atoms in total. The topological polar surface area (TPSA) is 32.3 Å². The van der Waals surface area contributed by atoms with E-state index in [1.54, 1.807) is 0 Å².